The number of sulfone groups is 1. The van der Waals surface area contributed by atoms with Crippen molar-refractivity contribution in [2.45, 2.75) is 82.3 Å². The van der Waals surface area contributed by atoms with Crippen LogP contribution in [0.1, 0.15) is 52.0 Å². The Hall–Kier alpha value is -2.21. The Labute approximate surface area is 218 Å². The van der Waals surface area contributed by atoms with Crippen molar-refractivity contribution in [2.75, 3.05) is 31.6 Å². The quantitative estimate of drug-likeness (QED) is 0.553. The molecule has 3 aliphatic rings. The monoisotopic (exact) mass is 533 g/mol. The molecule has 2 unspecified atom stereocenters. The molecule has 37 heavy (non-hydrogen) atoms. The second-order valence-electron chi connectivity index (χ2n) is 11.4. The van der Waals surface area contributed by atoms with Gasteiger partial charge in [0.05, 0.1) is 28.6 Å². The number of amides is 1. The van der Waals surface area contributed by atoms with Gasteiger partial charge in [-0.2, -0.15) is 0 Å². The molecule has 2 N–H and O–H groups in total. The van der Waals surface area contributed by atoms with Crippen LogP contribution in [-0.4, -0.2) is 100 Å². The fourth-order valence-corrected chi connectivity index (χ4v) is 8.51. The molecule has 3 aliphatic heterocycles. The first-order valence-corrected chi connectivity index (χ1v) is 15.2. The van der Waals surface area contributed by atoms with Gasteiger partial charge in [0.1, 0.15) is 0 Å². The number of fused-ring (bicyclic) bond motifs is 3. The zero-order valence-corrected chi connectivity index (χ0v) is 22.7. The number of likely N-dealkylation sites (N-methyl/N-ethyl adjacent to an activating group) is 1. The smallest absolute Gasteiger partial charge is 0.337 e. The maximum atomic E-state index is 13.3. The average Bonchev–Trinajstić information content (AvgIpc) is 3.41. The lowest BCUT2D eigenvalue weighted by Gasteiger charge is -2.40. The number of aliphatic hydroxyl groups is 1. The minimum Gasteiger partial charge on any atom is -0.390 e. The molecule has 3 saturated heterocycles. The van der Waals surface area contributed by atoms with Gasteiger partial charge in [0.25, 0.3) is 0 Å². The molecule has 3 fully saturated rings. The Balaban J connectivity index is 1.21. The van der Waals surface area contributed by atoms with E-state index >= 15 is 0 Å². The molecule has 11 heteroatoms. The minimum atomic E-state index is -2.96. The molecule has 1 amide bonds. The molecular weight excluding hydrogens is 494 g/mol. The van der Waals surface area contributed by atoms with Gasteiger partial charge in [-0.15, -0.1) is 0 Å². The molecule has 0 spiro atoms. The molecule has 5 atom stereocenters. The van der Waals surface area contributed by atoms with E-state index in [0.717, 1.165) is 31.2 Å². The number of rotatable bonds is 7. The molecule has 1 aromatic carbocycles. The summed E-state index contributed by atoms with van der Waals surface area (Å²) in [4.78, 5) is 30.8. The molecule has 10 nitrogen and oxygen atoms in total. The summed E-state index contributed by atoms with van der Waals surface area (Å²) in [7, 11) is -1.06. The first-order chi connectivity index (χ1) is 17.5. The van der Waals surface area contributed by atoms with E-state index in [4.69, 9.17) is 0 Å². The van der Waals surface area contributed by atoms with Gasteiger partial charge >= 0.3 is 11.7 Å². The minimum absolute atomic E-state index is 0.0256. The van der Waals surface area contributed by atoms with Crippen molar-refractivity contribution in [3.8, 4) is 0 Å². The average molecular weight is 534 g/mol. The fraction of sp³-hybridized carbons (Fsp3) is 0.692. The van der Waals surface area contributed by atoms with Gasteiger partial charge in [0.15, 0.2) is 9.84 Å². The summed E-state index contributed by atoms with van der Waals surface area (Å²) in [5.41, 5.74) is 1.04. The third-order valence-electron chi connectivity index (χ3n) is 8.46. The number of aliphatic hydroxyl groups excluding tert-OH is 1. The van der Waals surface area contributed by atoms with Gasteiger partial charge in [0.2, 0.25) is 0 Å². The van der Waals surface area contributed by atoms with E-state index in [1.54, 1.807) is 10.6 Å². The van der Waals surface area contributed by atoms with Gasteiger partial charge in [-0.05, 0) is 65.1 Å². The van der Waals surface area contributed by atoms with Crippen molar-refractivity contribution in [1.82, 2.24) is 24.3 Å². The molecule has 0 aliphatic carbocycles. The number of carbonyl (C=O) groups is 1. The molecule has 2 aromatic rings. The second kappa shape index (κ2) is 10.2. The molecule has 1 aromatic heterocycles. The van der Waals surface area contributed by atoms with Crippen molar-refractivity contribution >= 4 is 26.9 Å². The maximum Gasteiger partial charge on any atom is 0.337 e. The number of hydrogen-bond donors (Lipinski definition) is 2. The fourth-order valence-electron chi connectivity index (χ4n) is 6.70. The van der Waals surface area contributed by atoms with Crippen molar-refractivity contribution in [3.05, 3.63) is 34.7 Å². The topological polar surface area (TPSA) is 117 Å². The van der Waals surface area contributed by atoms with E-state index in [1.165, 1.54) is 4.57 Å². The van der Waals surface area contributed by atoms with Crippen LogP contribution >= 0.6 is 0 Å². The number of para-hydroxylation sites is 2. The number of piperidine rings is 1. The van der Waals surface area contributed by atoms with Crippen LogP contribution in [0.4, 0.5) is 4.79 Å². The van der Waals surface area contributed by atoms with Crippen LogP contribution in [-0.2, 0) is 9.84 Å². The molecule has 0 saturated carbocycles. The third kappa shape index (κ3) is 5.23. The van der Waals surface area contributed by atoms with Gasteiger partial charge in [-0.1, -0.05) is 12.1 Å². The third-order valence-corrected chi connectivity index (χ3v) is 10.2. The number of carbonyl (C=O) groups excluding carboxylic acids is 1. The van der Waals surface area contributed by atoms with E-state index in [9.17, 15) is 23.1 Å². The summed E-state index contributed by atoms with van der Waals surface area (Å²) in [6.07, 6.45) is 3.66. The van der Waals surface area contributed by atoms with E-state index in [2.05, 4.69) is 10.2 Å². The lowest BCUT2D eigenvalue weighted by Crippen LogP contribution is -2.54. The van der Waals surface area contributed by atoms with Gasteiger partial charge in [-0.25, -0.2) is 22.6 Å². The van der Waals surface area contributed by atoms with Crippen LogP contribution in [0.3, 0.4) is 0 Å². The summed E-state index contributed by atoms with van der Waals surface area (Å²) in [6, 6.07) is 7.42. The Morgan fingerprint density at radius 3 is 2.38 bits per heavy atom. The first kappa shape index (κ1) is 26.4. The van der Waals surface area contributed by atoms with Crippen LogP contribution < -0.4 is 11.0 Å². The van der Waals surface area contributed by atoms with Crippen LogP contribution in [0.15, 0.2) is 29.1 Å². The molecular formula is C26H39N5O5S. The van der Waals surface area contributed by atoms with E-state index in [0.29, 0.717) is 25.0 Å². The zero-order valence-electron chi connectivity index (χ0n) is 21.9. The lowest BCUT2D eigenvalue weighted by atomic mass is 9.97. The molecule has 0 radical (unpaired) electrons. The zero-order chi connectivity index (χ0) is 26.5. The number of aromatic nitrogens is 2. The van der Waals surface area contributed by atoms with Crippen LogP contribution in [0, 0.1) is 0 Å². The summed E-state index contributed by atoms with van der Waals surface area (Å²) in [5.74, 6) is 0.400. The summed E-state index contributed by atoms with van der Waals surface area (Å²) >= 11 is 0. The standard InChI is InChI=1S/C26H39N5O5S/c1-17(2)30-23-6-4-5-7-24(23)31(26(30)34)25(33)27-18-12-19-8-9-20(13-18)29(19)15-22(32)14-28(3)21-10-11-37(35,36)16-21/h4-7,17-22,32H,8-16H2,1-3H3,(H,27,33)/t18-,19-,20+,21?,22?. The van der Waals surface area contributed by atoms with E-state index in [-0.39, 0.29) is 53.4 Å². The lowest BCUT2D eigenvalue weighted by molar-refractivity contribution is 0.0333. The normalized spacial score (nSPS) is 28.4. The Morgan fingerprint density at radius 2 is 1.78 bits per heavy atom. The highest BCUT2D eigenvalue weighted by molar-refractivity contribution is 7.91. The number of benzene rings is 1. The van der Waals surface area contributed by atoms with Gasteiger partial charge in [-0.3, -0.25) is 14.4 Å². The Kier molecular flexibility index (Phi) is 7.25. The summed E-state index contributed by atoms with van der Waals surface area (Å²) in [6.45, 7) is 4.86. The second-order valence-corrected chi connectivity index (χ2v) is 13.6. The van der Waals surface area contributed by atoms with Crippen molar-refractivity contribution < 1.29 is 18.3 Å². The number of nitrogens with one attached hydrogen (secondary N) is 1. The van der Waals surface area contributed by atoms with Crippen molar-refractivity contribution in [1.29, 1.82) is 0 Å². The van der Waals surface area contributed by atoms with Crippen molar-refractivity contribution in [3.63, 3.8) is 0 Å². The largest absolute Gasteiger partial charge is 0.390 e. The first-order valence-electron chi connectivity index (χ1n) is 13.4. The summed E-state index contributed by atoms with van der Waals surface area (Å²) < 4.78 is 26.5. The maximum absolute atomic E-state index is 13.3. The Morgan fingerprint density at radius 1 is 1.14 bits per heavy atom. The van der Waals surface area contributed by atoms with Crippen molar-refractivity contribution in [2.24, 2.45) is 0 Å². The highest BCUT2D eigenvalue weighted by atomic mass is 32.2. The number of nitrogens with zero attached hydrogens (tertiary/aromatic N) is 4. The highest BCUT2D eigenvalue weighted by Gasteiger charge is 2.42. The highest BCUT2D eigenvalue weighted by Crippen LogP contribution is 2.36. The molecule has 2 bridgehead atoms. The molecule has 4 heterocycles. The van der Waals surface area contributed by atoms with E-state index < -0.39 is 15.9 Å². The number of imidazole rings is 1. The SMILES string of the molecule is CC(C)n1c(=O)n(C(=O)N[C@@H]2C[C@H]3CC[C@@H](C2)N3CC(O)CN(C)C2CCS(=O)(=O)C2)c2ccccc21. The van der Waals surface area contributed by atoms with E-state index in [1.807, 2.05) is 44.0 Å². The van der Waals surface area contributed by atoms with Gasteiger partial charge < -0.3 is 10.4 Å². The van der Waals surface area contributed by atoms with Crippen LogP contribution in [0.25, 0.3) is 11.0 Å². The summed E-state index contributed by atoms with van der Waals surface area (Å²) in [5, 5.41) is 13.9. The molecule has 5 rings (SSSR count). The predicted octanol–water partition coefficient (Wildman–Crippen LogP) is 1.42. The van der Waals surface area contributed by atoms with Gasteiger partial charge in [0, 0.05) is 43.3 Å². The van der Waals surface area contributed by atoms with Crippen LogP contribution in [0.5, 0.6) is 0 Å². The molecule has 204 valence electrons. The Bertz CT molecular complexity index is 1300. The predicted molar refractivity (Wildman–Crippen MR) is 143 cm³/mol. The number of hydrogen-bond acceptors (Lipinski definition) is 7. The van der Waals surface area contributed by atoms with Crippen LogP contribution in [0.2, 0.25) is 0 Å².